The molecule has 11 nitrogen and oxygen atoms in total. The number of anilines is 4. The Kier molecular flexibility index (Phi) is 6.72. The maximum atomic E-state index is 13.3. The van der Waals surface area contributed by atoms with Gasteiger partial charge in [0.05, 0.1) is 29.4 Å². The SMILES string of the molecule is N=Cc1c(Nc2cccc(C(F)(F)F)c2)nc(NC2CNC(=O)C2)nc1N1CC(CC(=O)N2CC3CC(C2)O3)C1. The van der Waals surface area contributed by atoms with Gasteiger partial charge in [0.25, 0.3) is 0 Å². The van der Waals surface area contributed by atoms with E-state index in [1.807, 2.05) is 9.80 Å². The highest BCUT2D eigenvalue weighted by Gasteiger charge is 2.41. The van der Waals surface area contributed by atoms with E-state index in [9.17, 15) is 22.8 Å². The summed E-state index contributed by atoms with van der Waals surface area (Å²) >= 11 is 0. The van der Waals surface area contributed by atoms with E-state index in [1.54, 1.807) is 0 Å². The van der Waals surface area contributed by atoms with Crippen LogP contribution in [0.15, 0.2) is 24.3 Å². The third-order valence-corrected chi connectivity index (χ3v) is 7.66. The van der Waals surface area contributed by atoms with Gasteiger partial charge in [-0.15, -0.1) is 0 Å². The number of benzene rings is 1. The van der Waals surface area contributed by atoms with E-state index in [0.717, 1.165) is 24.8 Å². The summed E-state index contributed by atoms with van der Waals surface area (Å²) in [5, 5.41) is 16.8. The third-order valence-electron chi connectivity index (χ3n) is 7.66. The number of morpholine rings is 1. The number of aromatic nitrogens is 2. The van der Waals surface area contributed by atoms with Crippen LogP contribution in [0, 0.1) is 11.3 Å². The average molecular weight is 559 g/mol. The van der Waals surface area contributed by atoms with E-state index < -0.39 is 11.7 Å². The summed E-state index contributed by atoms with van der Waals surface area (Å²) < 4.78 is 45.5. The van der Waals surface area contributed by atoms with Gasteiger partial charge in [0, 0.05) is 69.8 Å². The molecule has 0 saturated carbocycles. The lowest BCUT2D eigenvalue weighted by molar-refractivity contribution is -0.188. The van der Waals surface area contributed by atoms with E-state index >= 15 is 0 Å². The van der Waals surface area contributed by atoms with Gasteiger partial charge >= 0.3 is 6.18 Å². The number of hydrogen-bond acceptors (Lipinski definition) is 9. The quantitative estimate of drug-likeness (QED) is 0.363. The molecule has 7 rings (SSSR count). The van der Waals surface area contributed by atoms with Crippen LogP contribution in [0.25, 0.3) is 0 Å². The van der Waals surface area contributed by atoms with Crippen LogP contribution in [0.2, 0.25) is 0 Å². The number of fused-ring (bicyclic) bond motifs is 2. The molecule has 5 aliphatic heterocycles. The summed E-state index contributed by atoms with van der Waals surface area (Å²) in [5.41, 5.74) is -0.353. The number of halogens is 3. The molecular formula is C26H29F3N8O3. The lowest BCUT2D eigenvalue weighted by Crippen LogP contribution is -2.59. The number of carbonyl (C=O) groups is 2. The Bertz CT molecular complexity index is 1320. The van der Waals surface area contributed by atoms with Crippen molar-refractivity contribution >= 4 is 41.3 Å². The zero-order chi connectivity index (χ0) is 28.0. The Morgan fingerprint density at radius 3 is 2.60 bits per heavy atom. The fraction of sp³-hybridized carbons (Fsp3) is 0.500. The first-order valence-corrected chi connectivity index (χ1v) is 13.2. The summed E-state index contributed by atoms with van der Waals surface area (Å²) in [6.07, 6.45) is -1.51. The van der Waals surface area contributed by atoms with E-state index in [2.05, 4.69) is 25.9 Å². The number of piperidine rings is 1. The second kappa shape index (κ2) is 10.2. The molecule has 14 heteroatoms. The third kappa shape index (κ3) is 5.40. The molecule has 40 heavy (non-hydrogen) atoms. The number of hydrogen-bond donors (Lipinski definition) is 4. The van der Waals surface area contributed by atoms with Gasteiger partial charge in [0.1, 0.15) is 11.6 Å². The first-order valence-electron chi connectivity index (χ1n) is 13.2. The van der Waals surface area contributed by atoms with Gasteiger partial charge in [-0.3, -0.25) is 9.59 Å². The van der Waals surface area contributed by atoms with Crippen molar-refractivity contribution in [3.8, 4) is 0 Å². The first kappa shape index (κ1) is 26.3. The number of rotatable bonds is 8. The number of carbonyl (C=O) groups excluding carboxylic acids is 2. The largest absolute Gasteiger partial charge is 0.416 e. The number of nitrogens with one attached hydrogen (secondary N) is 4. The van der Waals surface area contributed by atoms with Crippen molar-refractivity contribution in [1.29, 1.82) is 5.41 Å². The minimum absolute atomic E-state index is 0.102. The van der Waals surface area contributed by atoms with Gasteiger partial charge in [0.15, 0.2) is 0 Å². The van der Waals surface area contributed by atoms with Gasteiger partial charge in [-0.1, -0.05) is 6.07 Å². The molecule has 2 amide bonds. The molecule has 2 bridgehead atoms. The van der Waals surface area contributed by atoms with Crippen LogP contribution in [-0.4, -0.2) is 83.9 Å². The molecule has 212 valence electrons. The van der Waals surface area contributed by atoms with Crippen LogP contribution in [0.1, 0.15) is 30.4 Å². The minimum atomic E-state index is -4.51. The van der Waals surface area contributed by atoms with E-state index in [4.69, 9.17) is 10.1 Å². The second-order valence-electron chi connectivity index (χ2n) is 10.7. The maximum Gasteiger partial charge on any atom is 0.416 e. The van der Waals surface area contributed by atoms with Crippen molar-refractivity contribution in [3.05, 3.63) is 35.4 Å². The normalized spacial score (nSPS) is 24.2. The molecule has 1 aromatic carbocycles. The van der Waals surface area contributed by atoms with Gasteiger partial charge in [-0.25, -0.2) is 0 Å². The molecule has 3 atom stereocenters. The van der Waals surface area contributed by atoms with Gasteiger partial charge in [0.2, 0.25) is 17.8 Å². The summed E-state index contributed by atoms with van der Waals surface area (Å²) in [6, 6.07) is 4.48. The van der Waals surface area contributed by atoms with E-state index in [-0.39, 0.29) is 59.9 Å². The number of amides is 2. The van der Waals surface area contributed by atoms with Crippen molar-refractivity contribution in [2.75, 3.05) is 48.3 Å². The Labute approximate surface area is 228 Å². The predicted molar refractivity (Wildman–Crippen MR) is 140 cm³/mol. The van der Waals surface area contributed by atoms with Crippen LogP contribution >= 0.6 is 0 Å². The molecule has 5 aliphatic rings. The minimum Gasteiger partial charge on any atom is -0.371 e. The van der Waals surface area contributed by atoms with Gasteiger partial charge in [-0.2, -0.15) is 23.1 Å². The Hall–Kier alpha value is -3.94. The Balaban J connectivity index is 1.21. The lowest BCUT2D eigenvalue weighted by Gasteiger charge is -2.48. The smallest absolute Gasteiger partial charge is 0.371 e. The summed E-state index contributed by atoms with van der Waals surface area (Å²) in [4.78, 5) is 37.4. The number of ether oxygens (including phenoxy) is 1. The van der Waals surface area contributed by atoms with Gasteiger partial charge < -0.3 is 35.9 Å². The Morgan fingerprint density at radius 2 is 1.95 bits per heavy atom. The van der Waals surface area contributed by atoms with Crippen LogP contribution in [0.3, 0.4) is 0 Å². The summed E-state index contributed by atoms with van der Waals surface area (Å²) in [7, 11) is 0. The average Bonchev–Trinajstić information content (AvgIpc) is 3.29. The first-order chi connectivity index (χ1) is 19.1. The standard InChI is InChI=1S/C26H29F3N8O3/c27-26(28,29)15-2-1-3-16(5-15)32-23-20(8-30)24(35-25(34-23)33-17-6-21(38)31-9-17)37-10-14(11-37)4-22(39)36-12-18-7-19(13-36)40-18/h1-3,5,8,14,17-19,30H,4,6-7,9-13H2,(H,31,38)(H2,32,33,34,35). The van der Waals surface area contributed by atoms with Crippen molar-refractivity contribution in [1.82, 2.24) is 20.2 Å². The molecule has 6 heterocycles. The molecule has 3 unspecified atom stereocenters. The zero-order valence-electron chi connectivity index (χ0n) is 21.5. The molecule has 5 saturated heterocycles. The van der Waals surface area contributed by atoms with Crippen molar-refractivity contribution < 1.29 is 27.5 Å². The molecule has 1 aromatic heterocycles. The monoisotopic (exact) mass is 558 g/mol. The van der Waals surface area contributed by atoms with Crippen molar-refractivity contribution in [2.45, 2.75) is 43.7 Å². The summed E-state index contributed by atoms with van der Waals surface area (Å²) in [6.45, 7) is 2.72. The molecule has 2 aromatic rings. The highest BCUT2D eigenvalue weighted by molar-refractivity contribution is 5.93. The maximum absolute atomic E-state index is 13.3. The molecule has 4 N–H and O–H groups in total. The second-order valence-corrected chi connectivity index (χ2v) is 10.7. The van der Waals surface area contributed by atoms with Gasteiger partial charge in [-0.05, 0) is 18.2 Å². The molecule has 0 aliphatic carbocycles. The van der Waals surface area contributed by atoms with Crippen molar-refractivity contribution in [3.63, 3.8) is 0 Å². The van der Waals surface area contributed by atoms with Crippen LogP contribution < -0.4 is 20.9 Å². The highest BCUT2D eigenvalue weighted by Crippen LogP contribution is 2.35. The van der Waals surface area contributed by atoms with E-state index in [0.29, 0.717) is 50.5 Å². The van der Waals surface area contributed by atoms with Crippen molar-refractivity contribution in [2.24, 2.45) is 5.92 Å². The zero-order valence-corrected chi connectivity index (χ0v) is 21.5. The summed E-state index contributed by atoms with van der Waals surface area (Å²) in [5.74, 6) is 0.868. The van der Waals surface area contributed by atoms with Crippen LogP contribution in [0.5, 0.6) is 0 Å². The topological polar surface area (TPSA) is 136 Å². The fourth-order valence-corrected chi connectivity index (χ4v) is 5.60. The number of nitrogens with zero attached hydrogens (tertiary/aromatic N) is 4. The fourth-order valence-electron chi connectivity index (χ4n) is 5.60. The van der Waals surface area contributed by atoms with Crippen LogP contribution in [-0.2, 0) is 20.5 Å². The van der Waals surface area contributed by atoms with E-state index in [1.165, 1.54) is 12.1 Å². The van der Waals surface area contributed by atoms with Crippen LogP contribution in [0.4, 0.5) is 36.4 Å². The molecule has 5 fully saturated rings. The molecule has 0 radical (unpaired) electrons. The molecular weight excluding hydrogens is 529 g/mol. The number of alkyl halides is 3. The lowest BCUT2D eigenvalue weighted by atomic mass is 9.93. The predicted octanol–water partition coefficient (Wildman–Crippen LogP) is 2.36. The molecule has 0 spiro atoms. The Morgan fingerprint density at radius 1 is 1.20 bits per heavy atom. The highest BCUT2D eigenvalue weighted by atomic mass is 19.4.